The van der Waals surface area contributed by atoms with Crippen LogP contribution >= 0.6 is 11.6 Å². The first-order valence-electron chi connectivity index (χ1n) is 6.83. The van der Waals surface area contributed by atoms with Crippen LogP contribution in [0, 0.1) is 0 Å². The molecule has 21 heavy (non-hydrogen) atoms. The highest BCUT2D eigenvalue weighted by Gasteiger charge is 2.10. The molecule has 0 unspecified atom stereocenters. The van der Waals surface area contributed by atoms with Crippen molar-refractivity contribution in [2.45, 2.75) is 0 Å². The predicted octanol–water partition coefficient (Wildman–Crippen LogP) is 1.10. The molecule has 1 aromatic rings. The van der Waals surface area contributed by atoms with Gasteiger partial charge in [0.05, 0.1) is 19.8 Å². The molecule has 2 rings (SSSR count). The molecular formula is C14H19ClN2O4. The maximum atomic E-state index is 11.5. The molecule has 1 fully saturated rings. The average molecular weight is 315 g/mol. The van der Waals surface area contributed by atoms with Gasteiger partial charge < -0.3 is 9.47 Å². The van der Waals surface area contributed by atoms with Crippen LogP contribution < -0.4 is 10.2 Å². The number of halogens is 1. The van der Waals surface area contributed by atoms with E-state index in [1.165, 1.54) is 0 Å². The van der Waals surface area contributed by atoms with Crippen LogP contribution in [0.1, 0.15) is 0 Å². The van der Waals surface area contributed by atoms with Crippen LogP contribution in [-0.2, 0) is 14.4 Å². The molecule has 1 aromatic carbocycles. The van der Waals surface area contributed by atoms with Crippen molar-refractivity contribution < 1.29 is 19.1 Å². The molecule has 0 atom stereocenters. The summed E-state index contributed by atoms with van der Waals surface area (Å²) in [7, 11) is 0. The molecule has 1 aliphatic heterocycles. The largest absolute Gasteiger partial charge is 0.484 e. The standard InChI is InChI=1S/C14H19ClN2O4/c15-12-1-3-13(4-2-12)20-11-14(18)16-21-10-7-17-5-8-19-9-6-17/h1-4H,5-11H2,(H,16,18). The molecule has 0 radical (unpaired) electrons. The highest BCUT2D eigenvalue weighted by Crippen LogP contribution is 2.15. The summed E-state index contributed by atoms with van der Waals surface area (Å²) < 4.78 is 10.5. The van der Waals surface area contributed by atoms with Crippen LogP contribution in [0.3, 0.4) is 0 Å². The maximum Gasteiger partial charge on any atom is 0.281 e. The van der Waals surface area contributed by atoms with Crippen LogP contribution in [-0.4, -0.2) is 56.9 Å². The molecular weight excluding hydrogens is 296 g/mol. The van der Waals surface area contributed by atoms with Crippen LogP contribution in [0.25, 0.3) is 0 Å². The van der Waals surface area contributed by atoms with Crippen molar-refractivity contribution in [2.24, 2.45) is 0 Å². The second kappa shape index (κ2) is 8.84. The number of hydrogen-bond donors (Lipinski definition) is 1. The minimum absolute atomic E-state index is 0.0980. The van der Waals surface area contributed by atoms with Crippen LogP contribution in [0.4, 0.5) is 0 Å². The molecule has 7 heteroatoms. The Morgan fingerprint density at radius 1 is 1.29 bits per heavy atom. The summed E-state index contributed by atoms with van der Waals surface area (Å²) in [6.45, 7) is 4.41. The van der Waals surface area contributed by atoms with Gasteiger partial charge in [-0.2, -0.15) is 0 Å². The van der Waals surface area contributed by atoms with Gasteiger partial charge in [0, 0.05) is 24.7 Å². The van der Waals surface area contributed by atoms with Crippen molar-refractivity contribution in [3.63, 3.8) is 0 Å². The molecule has 0 bridgehead atoms. The summed E-state index contributed by atoms with van der Waals surface area (Å²) in [6.07, 6.45) is 0. The van der Waals surface area contributed by atoms with E-state index in [2.05, 4.69) is 10.4 Å². The quantitative estimate of drug-likeness (QED) is 0.603. The number of amides is 1. The van der Waals surface area contributed by atoms with E-state index in [1.54, 1.807) is 24.3 Å². The van der Waals surface area contributed by atoms with Gasteiger partial charge in [0.25, 0.3) is 5.91 Å². The van der Waals surface area contributed by atoms with Gasteiger partial charge in [0.15, 0.2) is 6.61 Å². The van der Waals surface area contributed by atoms with Crippen LogP contribution in [0.5, 0.6) is 5.75 Å². The van der Waals surface area contributed by atoms with E-state index in [4.69, 9.17) is 25.9 Å². The molecule has 0 saturated carbocycles. The number of hydroxylamine groups is 1. The number of nitrogens with one attached hydrogen (secondary N) is 1. The molecule has 0 aromatic heterocycles. The fourth-order valence-corrected chi connectivity index (χ4v) is 1.97. The van der Waals surface area contributed by atoms with E-state index >= 15 is 0 Å². The second-order valence-electron chi connectivity index (χ2n) is 4.57. The maximum absolute atomic E-state index is 11.5. The number of carbonyl (C=O) groups is 1. The van der Waals surface area contributed by atoms with Crippen molar-refractivity contribution in [2.75, 3.05) is 46.1 Å². The van der Waals surface area contributed by atoms with Crippen LogP contribution in [0.15, 0.2) is 24.3 Å². The second-order valence-corrected chi connectivity index (χ2v) is 5.01. The monoisotopic (exact) mass is 314 g/mol. The molecule has 1 saturated heterocycles. The fraction of sp³-hybridized carbons (Fsp3) is 0.500. The first-order chi connectivity index (χ1) is 10.2. The number of nitrogens with zero attached hydrogens (tertiary/aromatic N) is 1. The van der Waals surface area contributed by atoms with E-state index in [1.807, 2.05) is 0 Å². The summed E-state index contributed by atoms with van der Waals surface area (Å²) in [4.78, 5) is 18.9. The smallest absolute Gasteiger partial charge is 0.281 e. The number of carbonyl (C=O) groups excluding carboxylic acids is 1. The van der Waals surface area contributed by atoms with E-state index in [0.717, 1.165) is 32.8 Å². The molecule has 1 N–H and O–H groups in total. The SMILES string of the molecule is O=C(COc1ccc(Cl)cc1)NOCCN1CCOCC1. The van der Waals surface area contributed by atoms with Crippen molar-refractivity contribution in [3.05, 3.63) is 29.3 Å². The highest BCUT2D eigenvalue weighted by molar-refractivity contribution is 6.30. The van der Waals surface area contributed by atoms with E-state index < -0.39 is 0 Å². The van der Waals surface area contributed by atoms with E-state index in [0.29, 0.717) is 17.4 Å². The van der Waals surface area contributed by atoms with Gasteiger partial charge in [0.1, 0.15) is 5.75 Å². The summed E-state index contributed by atoms with van der Waals surface area (Å²) in [5, 5.41) is 0.623. The number of benzene rings is 1. The van der Waals surface area contributed by atoms with E-state index in [-0.39, 0.29) is 12.5 Å². The first kappa shape index (κ1) is 16.0. The Labute approximate surface area is 128 Å². The average Bonchev–Trinajstić information content (AvgIpc) is 2.52. The summed E-state index contributed by atoms with van der Waals surface area (Å²) in [5.74, 6) is 0.259. The summed E-state index contributed by atoms with van der Waals surface area (Å²) in [5.41, 5.74) is 2.36. The lowest BCUT2D eigenvalue weighted by atomic mass is 10.3. The van der Waals surface area contributed by atoms with Gasteiger partial charge in [-0.05, 0) is 24.3 Å². The van der Waals surface area contributed by atoms with Gasteiger partial charge in [-0.1, -0.05) is 11.6 Å². The first-order valence-corrected chi connectivity index (χ1v) is 7.21. The Hall–Kier alpha value is -1.34. The lowest BCUT2D eigenvalue weighted by Gasteiger charge is -2.26. The van der Waals surface area contributed by atoms with Crippen molar-refractivity contribution >= 4 is 17.5 Å². The topological polar surface area (TPSA) is 60.0 Å². The Morgan fingerprint density at radius 2 is 2.00 bits per heavy atom. The van der Waals surface area contributed by atoms with Crippen molar-refractivity contribution in [3.8, 4) is 5.75 Å². The zero-order valence-electron chi connectivity index (χ0n) is 11.7. The third kappa shape index (κ3) is 6.31. The zero-order valence-corrected chi connectivity index (χ0v) is 12.5. The third-order valence-corrected chi connectivity index (χ3v) is 3.23. The Balaban J connectivity index is 1.54. The summed E-state index contributed by atoms with van der Waals surface area (Å²) in [6, 6.07) is 6.81. The molecule has 0 aliphatic carbocycles. The van der Waals surface area contributed by atoms with E-state index in [9.17, 15) is 4.79 Å². The Morgan fingerprint density at radius 3 is 2.71 bits per heavy atom. The number of morpholine rings is 1. The van der Waals surface area contributed by atoms with Gasteiger partial charge in [-0.25, -0.2) is 5.48 Å². The molecule has 116 valence electrons. The number of ether oxygens (including phenoxy) is 2. The van der Waals surface area contributed by atoms with Gasteiger partial charge in [-0.15, -0.1) is 0 Å². The van der Waals surface area contributed by atoms with Crippen molar-refractivity contribution in [1.29, 1.82) is 0 Å². The Bertz CT molecular complexity index is 435. The molecule has 1 heterocycles. The third-order valence-electron chi connectivity index (χ3n) is 2.98. The fourth-order valence-electron chi connectivity index (χ4n) is 1.84. The van der Waals surface area contributed by atoms with Gasteiger partial charge in [0.2, 0.25) is 0 Å². The van der Waals surface area contributed by atoms with Crippen LogP contribution in [0.2, 0.25) is 5.02 Å². The van der Waals surface area contributed by atoms with Crippen molar-refractivity contribution in [1.82, 2.24) is 10.4 Å². The molecule has 1 amide bonds. The highest BCUT2D eigenvalue weighted by atomic mass is 35.5. The predicted molar refractivity (Wildman–Crippen MR) is 78.3 cm³/mol. The minimum Gasteiger partial charge on any atom is -0.484 e. The summed E-state index contributed by atoms with van der Waals surface area (Å²) >= 11 is 5.76. The number of hydrogen-bond acceptors (Lipinski definition) is 5. The lowest BCUT2D eigenvalue weighted by Crippen LogP contribution is -2.39. The zero-order chi connectivity index (χ0) is 14.9. The molecule has 0 spiro atoms. The normalized spacial score (nSPS) is 15.7. The minimum atomic E-state index is -0.327. The molecule has 6 nitrogen and oxygen atoms in total. The number of rotatable bonds is 7. The molecule has 1 aliphatic rings. The lowest BCUT2D eigenvalue weighted by molar-refractivity contribution is -0.136. The van der Waals surface area contributed by atoms with Gasteiger partial charge in [-0.3, -0.25) is 14.5 Å². The van der Waals surface area contributed by atoms with Gasteiger partial charge >= 0.3 is 0 Å². The Kier molecular flexibility index (Phi) is 6.75.